The van der Waals surface area contributed by atoms with E-state index in [1.54, 1.807) is 31.2 Å². The van der Waals surface area contributed by atoms with Crippen molar-refractivity contribution >= 4 is 10.8 Å². The molecule has 3 rings (SSSR count). The van der Waals surface area contributed by atoms with Gasteiger partial charge in [0.1, 0.15) is 0 Å². The summed E-state index contributed by atoms with van der Waals surface area (Å²) in [5.74, 6) is 0.0842. The van der Waals surface area contributed by atoms with Crippen molar-refractivity contribution in [3.63, 3.8) is 0 Å². The summed E-state index contributed by atoms with van der Waals surface area (Å²) in [4.78, 5) is 0. The van der Waals surface area contributed by atoms with E-state index in [0.717, 1.165) is 10.8 Å². The molecule has 23 heavy (non-hydrogen) atoms. The van der Waals surface area contributed by atoms with E-state index in [0.29, 0.717) is 11.1 Å². The summed E-state index contributed by atoms with van der Waals surface area (Å²) in [5.41, 5.74) is -0.236. The fourth-order valence-corrected chi connectivity index (χ4v) is 2.67. The van der Waals surface area contributed by atoms with Crippen molar-refractivity contribution < 1.29 is 17.9 Å². The van der Waals surface area contributed by atoms with E-state index < -0.39 is 11.9 Å². The molecule has 0 fully saturated rings. The van der Waals surface area contributed by atoms with Gasteiger partial charge < -0.3 is 4.74 Å². The third kappa shape index (κ3) is 2.60. The molecule has 6 heteroatoms. The monoisotopic (exact) mass is 318 g/mol. The van der Waals surface area contributed by atoms with Gasteiger partial charge in [-0.15, -0.1) is 10.2 Å². The second-order valence-electron chi connectivity index (χ2n) is 5.08. The SMILES string of the molecule is COc1nnc(C(F)(F)F)c(-c2cccc3ccccc23)c1C. The van der Waals surface area contributed by atoms with E-state index in [1.807, 2.05) is 18.2 Å². The second kappa shape index (κ2) is 5.53. The molecule has 2 aromatic carbocycles. The second-order valence-corrected chi connectivity index (χ2v) is 5.08. The van der Waals surface area contributed by atoms with Crippen LogP contribution >= 0.6 is 0 Å². The van der Waals surface area contributed by atoms with Gasteiger partial charge >= 0.3 is 6.18 Å². The Morgan fingerprint density at radius 3 is 2.35 bits per heavy atom. The summed E-state index contributed by atoms with van der Waals surface area (Å²) in [6.45, 7) is 1.56. The predicted molar refractivity (Wildman–Crippen MR) is 81.3 cm³/mol. The van der Waals surface area contributed by atoms with Crippen LogP contribution in [0.25, 0.3) is 21.9 Å². The number of nitrogens with zero attached hydrogens (tertiary/aromatic N) is 2. The summed E-state index contributed by atoms with van der Waals surface area (Å²) < 4.78 is 45.3. The average molecular weight is 318 g/mol. The number of hydrogen-bond donors (Lipinski definition) is 0. The fraction of sp³-hybridized carbons (Fsp3) is 0.176. The molecule has 118 valence electrons. The standard InChI is InChI=1S/C17H13F3N2O/c1-10-14(15(17(18,19)20)21-22-16(10)23-2)13-9-5-7-11-6-3-4-8-12(11)13/h3-9H,1-2H3. The molecular weight excluding hydrogens is 305 g/mol. The molecule has 0 aliphatic carbocycles. The molecule has 0 saturated heterocycles. The van der Waals surface area contributed by atoms with Crippen molar-refractivity contribution in [3.8, 4) is 17.0 Å². The van der Waals surface area contributed by atoms with Gasteiger partial charge in [-0.1, -0.05) is 42.5 Å². The van der Waals surface area contributed by atoms with Gasteiger partial charge in [-0.05, 0) is 23.3 Å². The van der Waals surface area contributed by atoms with Gasteiger partial charge in [0, 0.05) is 11.1 Å². The third-order valence-electron chi connectivity index (χ3n) is 3.69. The summed E-state index contributed by atoms with van der Waals surface area (Å²) in [6, 6.07) is 12.5. The van der Waals surface area contributed by atoms with E-state index in [-0.39, 0.29) is 11.4 Å². The van der Waals surface area contributed by atoms with Crippen LogP contribution in [0.2, 0.25) is 0 Å². The minimum absolute atomic E-state index is 0.00106. The van der Waals surface area contributed by atoms with Gasteiger partial charge in [-0.25, -0.2) is 0 Å². The van der Waals surface area contributed by atoms with Crippen LogP contribution in [0.5, 0.6) is 5.88 Å². The van der Waals surface area contributed by atoms with Crippen LogP contribution in [0.15, 0.2) is 42.5 Å². The Morgan fingerprint density at radius 2 is 1.65 bits per heavy atom. The van der Waals surface area contributed by atoms with Gasteiger partial charge in [-0.3, -0.25) is 0 Å². The van der Waals surface area contributed by atoms with E-state index in [4.69, 9.17) is 4.74 Å². The largest absolute Gasteiger partial charge is 0.480 e. The molecule has 1 heterocycles. The maximum absolute atomic E-state index is 13.4. The number of hydrogen-bond acceptors (Lipinski definition) is 3. The molecule has 3 aromatic rings. The lowest BCUT2D eigenvalue weighted by atomic mass is 9.94. The highest BCUT2D eigenvalue weighted by Crippen LogP contribution is 2.41. The number of methoxy groups -OCH3 is 1. The molecule has 0 unspecified atom stereocenters. The van der Waals surface area contributed by atoms with E-state index >= 15 is 0 Å². The molecule has 0 aliphatic heterocycles. The number of benzene rings is 2. The normalized spacial score (nSPS) is 11.7. The van der Waals surface area contributed by atoms with Gasteiger partial charge in [0.25, 0.3) is 0 Å². The first kappa shape index (κ1) is 15.3. The minimum atomic E-state index is -4.60. The van der Waals surface area contributed by atoms with E-state index in [2.05, 4.69) is 10.2 Å². The molecule has 0 saturated carbocycles. The summed E-state index contributed by atoms with van der Waals surface area (Å²) in [7, 11) is 1.36. The first-order valence-electron chi connectivity index (χ1n) is 6.90. The molecule has 3 nitrogen and oxygen atoms in total. The molecule has 0 atom stereocenters. The Balaban J connectivity index is 2.42. The van der Waals surface area contributed by atoms with Crippen LogP contribution < -0.4 is 4.74 Å². The number of fused-ring (bicyclic) bond motifs is 1. The molecule has 0 N–H and O–H groups in total. The zero-order valence-electron chi connectivity index (χ0n) is 12.5. The molecule has 0 bridgehead atoms. The lowest BCUT2D eigenvalue weighted by Crippen LogP contribution is -2.13. The molecule has 1 aromatic heterocycles. The summed E-state index contributed by atoms with van der Waals surface area (Å²) in [5, 5.41) is 8.48. The summed E-state index contributed by atoms with van der Waals surface area (Å²) >= 11 is 0. The van der Waals surface area contributed by atoms with Crippen LogP contribution in [0.1, 0.15) is 11.3 Å². The van der Waals surface area contributed by atoms with Crippen molar-refractivity contribution in [2.45, 2.75) is 13.1 Å². The van der Waals surface area contributed by atoms with Crippen LogP contribution in [-0.2, 0) is 6.18 Å². The Labute approximate surface area is 130 Å². The highest BCUT2D eigenvalue weighted by atomic mass is 19.4. The lowest BCUT2D eigenvalue weighted by molar-refractivity contribution is -0.141. The Morgan fingerprint density at radius 1 is 0.957 bits per heavy atom. The molecule has 0 radical (unpaired) electrons. The van der Waals surface area contributed by atoms with Crippen LogP contribution in [0.3, 0.4) is 0 Å². The zero-order valence-corrected chi connectivity index (χ0v) is 12.5. The molecular formula is C17H13F3N2O. The number of halogens is 3. The molecule has 0 amide bonds. The van der Waals surface area contributed by atoms with E-state index in [9.17, 15) is 13.2 Å². The van der Waals surface area contributed by atoms with Gasteiger partial charge in [0.05, 0.1) is 7.11 Å². The van der Waals surface area contributed by atoms with Gasteiger partial charge in [0.2, 0.25) is 5.88 Å². The van der Waals surface area contributed by atoms with Crippen LogP contribution in [0, 0.1) is 6.92 Å². The van der Waals surface area contributed by atoms with Crippen molar-refractivity contribution in [2.24, 2.45) is 0 Å². The topological polar surface area (TPSA) is 35.0 Å². The summed E-state index contributed by atoms with van der Waals surface area (Å²) in [6.07, 6.45) is -4.60. The van der Waals surface area contributed by atoms with E-state index in [1.165, 1.54) is 7.11 Å². The minimum Gasteiger partial charge on any atom is -0.480 e. The Hall–Kier alpha value is -2.63. The quantitative estimate of drug-likeness (QED) is 0.691. The van der Waals surface area contributed by atoms with Crippen molar-refractivity contribution in [2.75, 3.05) is 7.11 Å². The average Bonchev–Trinajstić information content (AvgIpc) is 2.53. The molecule has 0 spiro atoms. The van der Waals surface area contributed by atoms with Crippen molar-refractivity contribution in [3.05, 3.63) is 53.7 Å². The van der Waals surface area contributed by atoms with Crippen molar-refractivity contribution in [1.82, 2.24) is 10.2 Å². The first-order chi connectivity index (χ1) is 10.9. The van der Waals surface area contributed by atoms with Crippen LogP contribution in [-0.4, -0.2) is 17.3 Å². The highest BCUT2D eigenvalue weighted by molar-refractivity contribution is 5.98. The Bertz CT molecular complexity index is 870. The smallest absolute Gasteiger partial charge is 0.435 e. The number of aromatic nitrogens is 2. The lowest BCUT2D eigenvalue weighted by Gasteiger charge is -2.17. The van der Waals surface area contributed by atoms with Crippen LogP contribution in [0.4, 0.5) is 13.2 Å². The zero-order chi connectivity index (χ0) is 16.6. The maximum Gasteiger partial charge on any atom is 0.435 e. The van der Waals surface area contributed by atoms with Crippen molar-refractivity contribution in [1.29, 1.82) is 0 Å². The van der Waals surface area contributed by atoms with Gasteiger partial charge in [-0.2, -0.15) is 13.2 Å². The Kier molecular flexibility index (Phi) is 3.67. The third-order valence-corrected chi connectivity index (χ3v) is 3.69. The highest BCUT2D eigenvalue weighted by Gasteiger charge is 2.38. The first-order valence-corrected chi connectivity index (χ1v) is 6.90. The predicted octanol–water partition coefficient (Wildman–Crippen LogP) is 4.63. The maximum atomic E-state index is 13.4. The van der Waals surface area contributed by atoms with Gasteiger partial charge in [0.15, 0.2) is 5.69 Å². The number of alkyl halides is 3. The number of ether oxygens (including phenoxy) is 1. The fourth-order valence-electron chi connectivity index (χ4n) is 2.67. The molecule has 0 aliphatic rings. The number of rotatable bonds is 2.